The summed E-state index contributed by atoms with van der Waals surface area (Å²) >= 11 is 12.1. The molecular weight excluding hydrogens is 456 g/mol. The zero-order valence-corrected chi connectivity index (χ0v) is 20.7. The summed E-state index contributed by atoms with van der Waals surface area (Å²) in [6.07, 6.45) is 0.0298. The third-order valence-electron chi connectivity index (χ3n) is 4.68. The summed E-state index contributed by atoms with van der Waals surface area (Å²) in [5.41, 5.74) is -0.659. The van der Waals surface area contributed by atoms with Crippen molar-refractivity contribution in [2.45, 2.75) is 45.8 Å². The maximum atomic E-state index is 14.4. The fraction of sp³-hybridized carbons (Fsp3) is 0.435. The Labute approximate surface area is 194 Å². The van der Waals surface area contributed by atoms with Crippen LogP contribution in [0.4, 0.5) is 4.79 Å². The van der Waals surface area contributed by atoms with Crippen LogP contribution in [0.25, 0.3) is 0 Å². The molecule has 0 bridgehead atoms. The van der Waals surface area contributed by atoms with E-state index in [1.807, 2.05) is 6.92 Å². The van der Waals surface area contributed by atoms with Gasteiger partial charge in [-0.2, -0.15) is 0 Å². The Bertz CT molecular complexity index is 861. The minimum absolute atomic E-state index is 0.0430. The molecular formula is C23H30Cl2NO4P. The van der Waals surface area contributed by atoms with Gasteiger partial charge in [-0.15, -0.1) is 0 Å². The molecule has 0 spiro atoms. The normalized spacial score (nSPS) is 14.0. The van der Waals surface area contributed by atoms with Crippen LogP contribution in [0.1, 0.15) is 34.1 Å². The predicted octanol–water partition coefficient (Wildman–Crippen LogP) is 5.22. The number of benzene rings is 2. The zero-order valence-electron chi connectivity index (χ0n) is 18.3. The summed E-state index contributed by atoms with van der Waals surface area (Å²) in [6.45, 7) is 7.18. The molecule has 170 valence electrons. The van der Waals surface area contributed by atoms with E-state index >= 15 is 0 Å². The average Bonchev–Trinajstić information content (AvgIpc) is 2.67. The maximum Gasteiger partial charge on any atom is 0.407 e. The van der Waals surface area contributed by atoms with Crippen LogP contribution in [-0.2, 0) is 9.30 Å². The summed E-state index contributed by atoms with van der Waals surface area (Å²) < 4.78 is 19.8. The molecule has 2 aromatic carbocycles. The lowest BCUT2D eigenvalue weighted by molar-refractivity contribution is 0.0500. The average molecular weight is 486 g/mol. The van der Waals surface area contributed by atoms with Gasteiger partial charge in [0.05, 0.1) is 0 Å². The number of nitrogens with one attached hydrogen (secondary N) is 1. The van der Waals surface area contributed by atoms with E-state index in [1.54, 1.807) is 69.3 Å². The molecule has 0 aliphatic rings. The Morgan fingerprint density at radius 1 is 1.03 bits per heavy atom. The van der Waals surface area contributed by atoms with E-state index in [9.17, 15) is 14.5 Å². The molecule has 2 rings (SSSR count). The van der Waals surface area contributed by atoms with Crippen LogP contribution in [0.2, 0.25) is 10.0 Å². The van der Waals surface area contributed by atoms with Crippen LogP contribution >= 0.6 is 30.3 Å². The molecule has 2 atom stereocenters. The molecule has 0 fully saturated rings. The first-order valence-electron chi connectivity index (χ1n) is 10.1. The molecule has 2 unspecified atom stereocenters. The highest BCUT2D eigenvalue weighted by molar-refractivity contribution is 7.78. The van der Waals surface area contributed by atoms with Crippen molar-refractivity contribution in [3.05, 3.63) is 58.6 Å². The molecule has 0 aliphatic carbocycles. The van der Waals surface area contributed by atoms with Gasteiger partial charge in [0.2, 0.25) is 0 Å². The number of alkyl carbamates (subject to hydrolysis) is 1. The number of ether oxygens (including phenoxy) is 1. The molecule has 0 aliphatic heterocycles. The minimum atomic E-state index is -3.16. The maximum absolute atomic E-state index is 14.4. The molecule has 8 heteroatoms. The number of carbonyl (C=O) groups excluding carboxylic acids is 1. The molecule has 2 N–H and O–H groups in total. The summed E-state index contributed by atoms with van der Waals surface area (Å²) in [6, 6.07) is 13.3. The number of aliphatic hydroxyl groups is 1. The fourth-order valence-corrected chi connectivity index (χ4v) is 6.34. The minimum Gasteiger partial charge on any atom is -0.444 e. The van der Waals surface area contributed by atoms with Gasteiger partial charge in [0.25, 0.3) is 0 Å². The molecule has 2 aromatic rings. The van der Waals surface area contributed by atoms with Crippen LogP contribution < -0.4 is 15.9 Å². The number of hydrogen-bond donors (Lipinski definition) is 2. The molecule has 0 heterocycles. The largest absolute Gasteiger partial charge is 0.444 e. The summed E-state index contributed by atoms with van der Waals surface area (Å²) in [7, 11) is -3.16. The molecule has 0 saturated carbocycles. The first-order valence-corrected chi connectivity index (χ1v) is 12.8. The Morgan fingerprint density at radius 3 is 1.87 bits per heavy atom. The van der Waals surface area contributed by atoms with Crippen molar-refractivity contribution < 1.29 is 19.2 Å². The number of aliphatic hydroxyl groups excluding tert-OH is 1. The van der Waals surface area contributed by atoms with Crippen LogP contribution in [0.15, 0.2) is 48.5 Å². The van der Waals surface area contributed by atoms with Crippen LogP contribution in [0.3, 0.4) is 0 Å². The first-order chi connectivity index (χ1) is 14.4. The van der Waals surface area contributed by atoms with Crippen molar-refractivity contribution in [2.75, 3.05) is 12.8 Å². The molecule has 5 nitrogen and oxygen atoms in total. The Hall–Kier alpha value is -1.52. The molecule has 1 amide bonds. The van der Waals surface area contributed by atoms with Gasteiger partial charge < -0.3 is 19.7 Å². The van der Waals surface area contributed by atoms with Crippen LogP contribution in [0.5, 0.6) is 0 Å². The lowest BCUT2D eigenvalue weighted by Gasteiger charge is -2.29. The second kappa shape index (κ2) is 10.9. The SMILES string of the molecule is CC(CO)CC(CP(=O)(c1ccc(Cl)cc1)c1ccc(Cl)cc1)NC(=O)OC(C)(C)C. The van der Waals surface area contributed by atoms with E-state index in [0.29, 0.717) is 27.1 Å². The Balaban J connectivity index is 2.43. The summed E-state index contributed by atoms with van der Waals surface area (Å²) in [5, 5.41) is 14.8. The van der Waals surface area contributed by atoms with Crippen molar-refractivity contribution >= 4 is 47.0 Å². The quantitative estimate of drug-likeness (QED) is 0.502. The lowest BCUT2D eigenvalue weighted by Crippen LogP contribution is -2.43. The van der Waals surface area contributed by atoms with Gasteiger partial charge >= 0.3 is 6.09 Å². The third kappa shape index (κ3) is 7.84. The van der Waals surface area contributed by atoms with Gasteiger partial charge in [-0.3, -0.25) is 0 Å². The Kier molecular flexibility index (Phi) is 9.03. The molecule has 0 aromatic heterocycles. The van der Waals surface area contributed by atoms with E-state index in [-0.39, 0.29) is 18.7 Å². The second-order valence-electron chi connectivity index (χ2n) is 8.74. The third-order valence-corrected chi connectivity index (χ3v) is 8.41. The van der Waals surface area contributed by atoms with Gasteiger partial charge in [-0.1, -0.05) is 30.1 Å². The summed E-state index contributed by atoms with van der Waals surface area (Å²) in [4.78, 5) is 12.5. The molecule has 0 radical (unpaired) electrons. The number of rotatable bonds is 8. The van der Waals surface area contributed by atoms with Crippen LogP contribution in [-0.4, -0.2) is 35.6 Å². The van der Waals surface area contributed by atoms with Gasteiger partial charge in [0.15, 0.2) is 0 Å². The highest BCUT2D eigenvalue weighted by atomic mass is 35.5. The van der Waals surface area contributed by atoms with Crippen molar-refractivity contribution in [1.29, 1.82) is 0 Å². The van der Waals surface area contributed by atoms with Crippen molar-refractivity contribution in [1.82, 2.24) is 5.32 Å². The van der Waals surface area contributed by atoms with Gasteiger partial charge in [-0.25, -0.2) is 4.79 Å². The highest BCUT2D eigenvalue weighted by Gasteiger charge is 2.33. The lowest BCUT2D eigenvalue weighted by atomic mass is 10.0. The zero-order chi connectivity index (χ0) is 23.2. The van der Waals surface area contributed by atoms with E-state index in [1.165, 1.54) is 0 Å². The number of halogens is 2. The smallest absolute Gasteiger partial charge is 0.407 e. The van der Waals surface area contributed by atoms with E-state index < -0.39 is 24.9 Å². The van der Waals surface area contributed by atoms with E-state index in [0.717, 1.165) is 0 Å². The number of amides is 1. The van der Waals surface area contributed by atoms with Crippen molar-refractivity contribution in [3.63, 3.8) is 0 Å². The predicted molar refractivity (Wildman–Crippen MR) is 129 cm³/mol. The molecule has 31 heavy (non-hydrogen) atoms. The van der Waals surface area contributed by atoms with E-state index in [4.69, 9.17) is 27.9 Å². The van der Waals surface area contributed by atoms with Crippen LogP contribution in [0, 0.1) is 5.92 Å². The first kappa shape index (κ1) is 25.7. The Morgan fingerprint density at radius 2 is 1.48 bits per heavy atom. The van der Waals surface area contributed by atoms with Crippen molar-refractivity contribution in [3.8, 4) is 0 Å². The topological polar surface area (TPSA) is 75.6 Å². The van der Waals surface area contributed by atoms with Gasteiger partial charge in [0.1, 0.15) is 12.7 Å². The molecule has 0 saturated heterocycles. The highest BCUT2D eigenvalue weighted by Crippen LogP contribution is 2.45. The monoisotopic (exact) mass is 485 g/mol. The number of carbonyl (C=O) groups is 1. The van der Waals surface area contributed by atoms with Crippen molar-refractivity contribution in [2.24, 2.45) is 5.92 Å². The standard InChI is InChI=1S/C23H30Cl2NO4P/c1-16(14-27)13-19(26-22(28)30-23(2,3)4)15-31(29,20-9-5-17(24)6-10-20)21-11-7-18(25)8-12-21/h5-12,16,19,27H,13-15H2,1-4H3,(H,26,28). The second-order valence-corrected chi connectivity index (χ2v) is 12.5. The van der Waals surface area contributed by atoms with Gasteiger partial charge in [-0.05, 0) is 81.6 Å². The summed E-state index contributed by atoms with van der Waals surface area (Å²) in [5.74, 6) is -0.0937. The number of hydrogen-bond acceptors (Lipinski definition) is 4. The van der Waals surface area contributed by atoms with Gasteiger partial charge in [0, 0.05) is 39.5 Å². The van der Waals surface area contributed by atoms with E-state index in [2.05, 4.69) is 5.32 Å². The fourth-order valence-electron chi connectivity index (χ4n) is 3.25.